The Balaban J connectivity index is 1.74. The highest BCUT2D eigenvalue weighted by molar-refractivity contribution is 7.89. The van der Waals surface area contributed by atoms with Gasteiger partial charge in [-0.1, -0.05) is 37.6 Å². The Kier molecular flexibility index (Phi) is 7.09. The fourth-order valence-corrected chi connectivity index (χ4v) is 5.15. The van der Waals surface area contributed by atoms with E-state index in [0.29, 0.717) is 30.1 Å². The Bertz CT molecular complexity index is 916. The van der Waals surface area contributed by atoms with Gasteiger partial charge in [0.1, 0.15) is 0 Å². The molecule has 0 bridgehead atoms. The van der Waals surface area contributed by atoms with Crippen LogP contribution in [0.25, 0.3) is 11.1 Å². The van der Waals surface area contributed by atoms with E-state index >= 15 is 0 Å². The number of carbonyl (C=O) groups is 1. The minimum absolute atomic E-state index is 0.0551. The van der Waals surface area contributed by atoms with Crippen molar-refractivity contribution in [1.29, 1.82) is 0 Å². The number of rotatable bonds is 8. The van der Waals surface area contributed by atoms with Crippen LogP contribution in [0.1, 0.15) is 49.9 Å². The van der Waals surface area contributed by atoms with Gasteiger partial charge < -0.3 is 4.90 Å². The quantitative estimate of drug-likeness (QED) is 0.643. The van der Waals surface area contributed by atoms with Gasteiger partial charge in [-0.25, -0.2) is 8.42 Å². The lowest BCUT2D eigenvalue weighted by molar-refractivity contribution is 0.0762. The highest BCUT2D eigenvalue weighted by Gasteiger charge is 2.26. The molecule has 0 N–H and O–H groups in total. The summed E-state index contributed by atoms with van der Waals surface area (Å²) in [7, 11) is -3.39. The van der Waals surface area contributed by atoms with Crippen LogP contribution >= 0.6 is 0 Å². The van der Waals surface area contributed by atoms with E-state index in [9.17, 15) is 13.2 Å². The van der Waals surface area contributed by atoms with Crippen molar-refractivity contribution in [2.45, 2.75) is 44.4 Å². The number of unbranched alkanes of at least 4 members (excludes halogenated alkanes) is 1. The molecule has 0 aromatic heterocycles. The maximum absolute atomic E-state index is 12.7. The van der Waals surface area contributed by atoms with Gasteiger partial charge >= 0.3 is 0 Å². The lowest BCUT2D eigenvalue weighted by Crippen LogP contribution is -2.31. The molecule has 156 valence electrons. The molecule has 6 heteroatoms. The summed E-state index contributed by atoms with van der Waals surface area (Å²) in [6.45, 7) is 6.81. The average Bonchev–Trinajstić information content (AvgIpc) is 3.30. The molecule has 0 spiro atoms. The van der Waals surface area contributed by atoms with Crippen LogP contribution in [-0.4, -0.2) is 49.7 Å². The molecule has 0 aliphatic carbocycles. The summed E-state index contributed by atoms with van der Waals surface area (Å²) in [5.74, 6) is 0.0551. The van der Waals surface area contributed by atoms with E-state index < -0.39 is 10.0 Å². The first-order chi connectivity index (χ1) is 14.0. The number of carbonyl (C=O) groups excluding carboxylic acids is 1. The normalized spacial score (nSPS) is 14.8. The van der Waals surface area contributed by atoms with Gasteiger partial charge in [0.25, 0.3) is 5.91 Å². The first-order valence-corrected chi connectivity index (χ1v) is 11.9. The monoisotopic (exact) mass is 414 g/mol. The molecule has 1 amide bonds. The second-order valence-corrected chi connectivity index (χ2v) is 9.39. The van der Waals surface area contributed by atoms with Crippen molar-refractivity contribution in [2.75, 3.05) is 26.2 Å². The van der Waals surface area contributed by atoms with E-state index in [0.717, 1.165) is 43.4 Å². The number of benzene rings is 2. The van der Waals surface area contributed by atoms with Crippen molar-refractivity contribution >= 4 is 15.9 Å². The maximum Gasteiger partial charge on any atom is 0.253 e. The van der Waals surface area contributed by atoms with Crippen molar-refractivity contribution in [3.8, 4) is 11.1 Å². The number of nitrogens with zero attached hydrogens (tertiary/aromatic N) is 2. The van der Waals surface area contributed by atoms with Crippen molar-refractivity contribution < 1.29 is 13.2 Å². The van der Waals surface area contributed by atoms with E-state index in [1.165, 1.54) is 0 Å². The minimum atomic E-state index is -3.39. The predicted molar refractivity (Wildman–Crippen MR) is 116 cm³/mol. The number of amides is 1. The van der Waals surface area contributed by atoms with Gasteiger partial charge in [-0.15, -0.1) is 0 Å². The van der Waals surface area contributed by atoms with E-state index in [1.807, 2.05) is 48.2 Å². The second kappa shape index (κ2) is 9.55. The summed E-state index contributed by atoms with van der Waals surface area (Å²) in [6, 6.07) is 14.5. The smallest absolute Gasteiger partial charge is 0.253 e. The molecule has 1 saturated heterocycles. The molecule has 1 heterocycles. The predicted octanol–water partition coefficient (Wildman–Crippen LogP) is 4.40. The minimum Gasteiger partial charge on any atom is -0.339 e. The molecule has 1 aliphatic rings. The van der Waals surface area contributed by atoms with Crippen LogP contribution in [0, 0.1) is 0 Å². The first-order valence-electron chi connectivity index (χ1n) is 10.5. The van der Waals surface area contributed by atoms with Crippen LogP contribution in [0.5, 0.6) is 0 Å². The summed E-state index contributed by atoms with van der Waals surface area (Å²) < 4.78 is 26.9. The average molecular weight is 415 g/mol. The van der Waals surface area contributed by atoms with Gasteiger partial charge in [0, 0.05) is 31.7 Å². The van der Waals surface area contributed by atoms with Gasteiger partial charge in [0.15, 0.2) is 0 Å². The van der Waals surface area contributed by atoms with E-state index in [4.69, 9.17) is 0 Å². The van der Waals surface area contributed by atoms with Crippen molar-refractivity contribution in [3.63, 3.8) is 0 Å². The molecule has 1 fully saturated rings. The van der Waals surface area contributed by atoms with Crippen LogP contribution in [0.2, 0.25) is 0 Å². The fourth-order valence-electron chi connectivity index (χ4n) is 3.64. The number of hydrogen-bond acceptors (Lipinski definition) is 3. The summed E-state index contributed by atoms with van der Waals surface area (Å²) in [5, 5.41) is 0. The topological polar surface area (TPSA) is 57.7 Å². The standard InChI is InChI=1S/C23H30N2O3S/c1-3-5-16-24(4-2)23(26)21-10-8-19(9-11-21)20-12-14-22(15-13-20)29(27,28)25-17-6-7-18-25/h8-15H,3-7,16-18H2,1-2H3. The zero-order chi connectivity index (χ0) is 20.9. The van der Waals surface area contributed by atoms with Gasteiger partial charge in [-0.2, -0.15) is 4.31 Å². The van der Waals surface area contributed by atoms with Gasteiger partial charge in [-0.3, -0.25) is 4.79 Å². The Morgan fingerprint density at radius 2 is 1.48 bits per heavy atom. The summed E-state index contributed by atoms with van der Waals surface area (Å²) in [4.78, 5) is 14.9. The molecule has 0 saturated carbocycles. The molecule has 5 nitrogen and oxygen atoms in total. The summed E-state index contributed by atoms with van der Waals surface area (Å²) in [5.41, 5.74) is 2.57. The van der Waals surface area contributed by atoms with Crippen LogP contribution in [0.15, 0.2) is 53.4 Å². The first kappa shape index (κ1) is 21.5. The zero-order valence-electron chi connectivity index (χ0n) is 17.3. The maximum atomic E-state index is 12.7. The molecule has 0 radical (unpaired) electrons. The van der Waals surface area contributed by atoms with Crippen LogP contribution in [0.3, 0.4) is 0 Å². The Morgan fingerprint density at radius 1 is 0.931 bits per heavy atom. The van der Waals surface area contributed by atoms with Crippen molar-refractivity contribution in [2.24, 2.45) is 0 Å². The van der Waals surface area contributed by atoms with Gasteiger partial charge in [-0.05, 0) is 61.6 Å². The molecule has 3 rings (SSSR count). The Hall–Kier alpha value is -2.18. The molecule has 2 aromatic rings. The second-order valence-electron chi connectivity index (χ2n) is 7.45. The molecular weight excluding hydrogens is 384 g/mol. The molecule has 1 aliphatic heterocycles. The lowest BCUT2D eigenvalue weighted by Gasteiger charge is -2.20. The Labute approximate surface area is 174 Å². The highest BCUT2D eigenvalue weighted by Crippen LogP contribution is 2.25. The third-order valence-corrected chi connectivity index (χ3v) is 7.39. The van der Waals surface area contributed by atoms with Crippen molar-refractivity contribution in [1.82, 2.24) is 9.21 Å². The van der Waals surface area contributed by atoms with E-state index in [-0.39, 0.29) is 5.91 Å². The van der Waals surface area contributed by atoms with Crippen LogP contribution in [0.4, 0.5) is 0 Å². The third-order valence-electron chi connectivity index (χ3n) is 5.47. The van der Waals surface area contributed by atoms with Crippen molar-refractivity contribution in [3.05, 3.63) is 54.1 Å². The lowest BCUT2D eigenvalue weighted by atomic mass is 10.0. The third kappa shape index (κ3) is 4.87. The molecule has 0 unspecified atom stereocenters. The van der Waals surface area contributed by atoms with E-state index in [2.05, 4.69) is 6.92 Å². The Morgan fingerprint density at radius 3 is 2.00 bits per heavy atom. The largest absolute Gasteiger partial charge is 0.339 e. The molecule has 29 heavy (non-hydrogen) atoms. The molecule has 0 atom stereocenters. The number of hydrogen-bond donors (Lipinski definition) is 0. The molecular formula is C23H30N2O3S. The van der Waals surface area contributed by atoms with Gasteiger partial charge in [0.2, 0.25) is 10.0 Å². The highest BCUT2D eigenvalue weighted by atomic mass is 32.2. The van der Waals surface area contributed by atoms with E-state index in [1.54, 1.807) is 16.4 Å². The number of sulfonamides is 1. The summed E-state index contributed by atoms with van der Waals surface area (Å²) in [6.07, 6.45) is 3.92. The van der Waals surface area contributed by atoms with Crippen LogP contribution in [-0.2, 0) is 10.0 Å². The zero-order valence-corrected chi connectivity index (χ0v) is 18.1. The SMILES string of the molecule is CCCCN(CC)C(=O)c1ccc(-c2ccc(S(=O)(=O)N3CCCC3)cc2)cc1. The summed E-state index contributed by atoms with van der Waals surface area (Å²) >= 11 is 0. The fraction of sp³-hybridized carbons (Fsp3) is 0.435. The van der Waals surface area contributed by atoms with Gasteiger partial charge in [0.05, 0.1) is 4.90 Å². The molecule has 2 aromatic carbocycles. The van der Waals surface area contributed by atoms with Crippen LogP contribution < -0.4 is 0 Å².